The second-order valence-corrected chi connectivity index (χ2v) is 11.8. The molecule has 0 bridgehead atoms. The smallest absolute Gasteiger partial charge is 0.254 e. The molecular weight excluding hydrogens is 578 g/mol. The highest BCUT2D eigenvalue weighted by molar-refractivity contribution is 5.96. The van der Waals surface area contributed by atoms with Gasteiger partial charge in [0.15, 0.2) is 17.8 Å². The van der Waals surface area contributed by atoms with E-state index in [1.165, 1.54) is 30.5 Å². The lowest BCUT2D eigenvalue weighted by molar-refractivity contribution is 0.0628. The van der Waals surface area contributed by atoms with Gasteiger partial charge in [0.05, 0.1) is 16.8 Å². The summed E-state index contributed by atoms with van der Waals surface area (Å²) < 4.78 is 2.07. The number of nitrogens with zero attached hydrogens (tertiary/aromatic N) is 6. The summed E-state index contributed by atoms with van der Waals surface area (Å²) in [5, 5.41) is 10.00. The first-order valence-electron chi connectivity index (χ1n) is 15.7. The number of carbonyl (C=O) groups is 2. The largest absolute Gasteiger partial charge is 0.507 e. The first kappa shape index (κ1) is 29.4. The van der Waals surface area contributed by atoms with Crippen LogP contribution in [0.4, 0.5) is 5.82 Å². The quantitative estimate of drug-likeness (QED) is 0.230. The predicted molar refractivity (Wildman–Crippen MR) is 178 cm³/mol. The van der Waals surface area contributed by atoms with Crippen LogP contribution in [0.15, 0.2) is 79.0 Å². The Morgan fingerprint density at radius 3 is 2.50 bits per heavy atom. The Bertz CT molecular complexity index is 1960. The minimum atomic E-state index is -0.180. The number of aromatic hydroxyl groups is 1. The van der Waals surface area contributed by atoms with E-state index < -0.39 is 0 Å². The number of aldehydes is 1. The van der Waals surface area contributed by atoms with Crippen LogP contribution in [0.5, 0.6) is 5.75 Å². The molecule has 2 aliphatic rings. The van der Waals surface area contributed by atoms with E-state index in [1.807, 2.05) is 18.2 Å². The minimum Gasteiger partial charge on any atom is -0.507 e. The van der Waals surface area contributed by atoms with Crippen molar-refractivity contribution in [3.8, 4) is 22.8 Å². The lowest BCUT2D eigenvalue weighted by Crippen LogP contribution is -2.48. The summed E-state index contributed by atoms with van der Waals surface area (Å²) >= 11 is 0. The fourth-order valence-electron chi connectivity index (χ4n) is 6.32. The summed E-state index contributed by atoms with van der Waals surface area (Å²) in [7, 11) is 0. The second kappa shape index (κ2) is 12.6. The van der Waals surface area contributed by atoms with Gasteiger partial charge >= 0.3 is 0 Å². The summed E-state index contributed by atoms with van der Waals surface area (Å²) in [6.07, 6.45) is 9.07. The van der Waals surface area contributed by atoms with Crippen LogP contribution < -0.4 is 5.73 Å². The van der Waals surface area contributed by atoms with Crippen molar-refractivity contribution < 1.29 is 14.7 Å². The predicted octanol–water partition coefficient (Wildman–Crippen LogP) is 5.50. The van der Waals surface area contributed by atoms with Crippen molar-refractivity contribution in [2.24, 2.45) is 0 Å². The number of anilines is 1. The van der Waals surface area contributed by atoms with Crippen molar-refractivity contribution in [3.63, 3.8) is 0 Å². The van der Waals surface area contributed by atoms with Crippen molar-refractivity contribution in [2.75, 3.05) is 31.9 Å². The van der Waals surface area contributed by atoms with Crippen LogP contribution in [0.2, 0.25) is 0 Å². The molecule has 232 valence electrons. The van der Waals surface area contributed by atoms with E-state index in [2.05, 4.69) is 50.9 Å². The number of carbonyl (C=O) groups excluding carboxylic acids is 2. The van der Waals surface area contributed by atoms with Crippen molar-refractivity contribution in [1.82, 2.24) is 29.3 Å². The molecule has 46 heavy (non-hydrogen) atoms. The molecule has 0 radical (unpaired) electrons. The summed E-state index contributed by atoms with van der Waals surface area (Å²) in [5.74, 6) is 0.787. The monoisotopic (exact) mass is 613 g/mol. The van der Waals surface area contributed by atoms with Gasteiger partial charge in [-0.1, -0.05) is 18.2 Å². The molecule has 4 heterocycles. The number of aromatic nitrogens is 4. The summed E-state index contributed by atoms with van der Waals surface area (Å²) in [6.45, 7) is 3.36. The van der Waals surface area contributed by atoms with Crippen LogP contribution in [-0.4, -0.2) is 72.8 Å². The highest BCUT2D eigenvalue weighted by Gasteiger charge is 2.24. The molecule has 0 atom stereocenters. The Labute approximate surface area is 266 Å². The maximum Gasteiger partial charge on any atom is 0.254 e. The van der Waals surface area contributed by atoms with E-state index in [0.29, 0.717) is 36.6 Å². The molecule has 7 rings (SSSR count). The van der Waals surface area contributed by atoms with Crippen LogP contribution >= 0.6 is 0 Å². The third kappa shape index (κ3) is 5.75. The Hall–Kier alpha value is -5.35. The van der Waals surface area contributed by atoms with Gasteiger partial charge < -0.3 is 15.7 Å². The van der Waals surface area contributed by atoms with E-state index >= 15 is 0 Å². The Balaban J connectivity index is 1.11. The van der Waals surface area contributed by atoms with E-state index in [9.17, 15) is 14.7 Å². The molecule has 1 aliphatic carbocycles. The molecular formula is C36H35N7O3. The molecule has 3 N–H and O–H groups in total. The molecule has 0 unspecified atom stereocenters. The number of piperazine rings is 1. The lowest BCUT2D eigenvalue weighted by atomic mass is 9.97. The molecule has 3 aromatic heterocycles. The van der Waals surface area contributed by atoms with Gasteiger partial charge in [0.25, 0.3) is 5.91 Å². The Kier molecular flexibility index (Phi) is 8.02. The molecule has 2 aromatic carbocycles. The van der Waals surface area contributed by atoms with E-state index in [-0.39, 0.29) is 17.2 Å². The second-order valence-electron chi connectivity index (χ2n) is 11.8. The van der Waals surface area contributed by atoms with Gasteiger partial charge in [0.2, 0.25) is 0 Å². The van der Waals surface area contributed by atoms with Crippen molar-refractivity contribution in [1.29, 1.82) is 0 Å². The van der Waals surface area contributed by atoms with Crippen LogP contribution in [-0.2, 0) is 6.54 Å². The number of rotatable bonds is 7. The Morgan fingerprint density at radius 2 is 1.78 bits per heavy atom. The number of nitrogen functional groups attached to an aromatic ring is 1. The number of phenols is 1. The summed E-state index contributed by atoms with van der Waals surface area (Å²) in [6, 6.07) is 20.8. The van der Waals surface area contributed by atoms with Gasteiger partial charge in [-0.15, -0.1) is 0 Å². The third-order valence-electron chi connectivity index (χ3n) is 8.87. The normalized spacial score (nSPS) is 15.6. The van der Waals surface area contributed by atoms with Crippen LogP contribution in [0.1, 0.15) is 57.7 Å². The Morgan fingerprint density at radius 1 is 0.957 bits per heavy atom. The number of benzene rings is 2. The zero-order valence-electron chi connectivity index (χ0n) is 25.5. The highest BCUT2D eigenvalue weighted by atomic mass is 16.3. The zero-order chi connectivity index (χ0) is 31.6. The number of hydrogen-bond acceptors (Lipinski definition) is 8. The molecule has 1 aliphatic heterocycles. The summed E-state index contributed by atoms with van der Waals surface area (Å²) in [5.41, 5.74) is 13.6. The molecule has 0 saturated carbocycles. The maximum atomic E-state index is 13.0. The molecule has 10 nitrogen and oxygen atoms in total. The molecule has 1 amide bonds. The molecule has 5 aromatic rings. The first-order chi connectivity index (χ1) is 22.5. The SMILES string of the molecule is Nc1ncccc1-c1nc2ccc(C3=CCCCC3)nc2n1-c1ccc(CN2CCN(C(=O)c3ccc(C=O)c(O)c3)CC2)cc1. The number of fused-ring (bicyclic) bond motifs is 1. The van der Waals surface area contributed by atoms with Crippen molar-refractivity contribution in [2.45, 2.75) is 32.2 Å². The average molecular weight is 614 g/mol. The van der Waals surface area contributed by atoms with Gasteiger partial charge in [0.1, 0.15) is 17.1 Å². The lowest BCUT2D eigenvalue weighted by Gasteiger charge is -2.34. The number of allylic oxidation sites excluding steroid dienone is 2. The van der Waals surface area contributed by atoms with Crippen molar-refractivity contribution in [3.05, 3.63) is 101 Å². The number of phenolic OH excluding ortho intramolecular Hbond substituents is 1. The fraction of sp³-hybridized carbons (Fsp3) is 0.250. The van der Waals surface area contributed by atoms with E-state index in [4.69, 9.17) is 15.7 Å². The van der Waals surface area contributed by atoms with Crippen LogP contribution in [0, 0.1) is 0 Å². The highest BCUT2D eigenvalue weighted by Crippen LogP contribution is 2.33. The molecule has 1 fully saturated rings. The minimum absolute atomic E-state index is 0.147. The number of pyridine rings is 2. The van der Waals surface area contributed by atoms with Crippen LogP contribution in [0.3, 0.4) is 0 Å². The fourth-order valence-corrected chi connectivity index (χ4v) is 6.32. The van der Waals surface area contributed by atoms with Gasteiger partial charge in [0, 0.05) is 50.2 Å². The average Bonchev–Trinajstić information content (AvgIpc) is 3.48. The van der Waals surface area contributed by atoms with Crippen molar-refractivity contribution >= 4 is 34.7 Å². The summed E-state index contributed by atoms with van der Waals surface area (Å²) in [4.78, 5) is 42.5. The van der Waals surface area contributed by atoms with Gasteiger partial charge in [-0.2, -0.15) is 0 Å². The van der Waals surface area contributed by atoms with Gasteiger partial charge in [-0.25, -0.2) is 15.0 Å². The molecule has 0 spiro atoms. The van der Waals surface area contributed by atoms with E-state index in [0.717, 1.165) is 66.1 Å². The number of amides is 1. The first-order valence-corrected chi connectivity index (χ1v) is 15.7. The maximum absolute atomic E-state index is 13.0. The van der Waals surface area contributed by atoms with E-state index in [1.54, 1.807) is 17.2 Å². The van der Waals surface area contributed by atoms with Crippen LogP contribution in [0.25, 0.3) is 33.8 Å². The number of hydrogen-bond donors (Lipinski definition) is 2. The molecule has 10 heteroatoms. The standard InChI is InChI=1S/C36H35N7O3/c37-33-29(7-4-16-38-33)34-40-31-15-14-30(25-5-2-1-3-6-25)39-35(31)43(34)28-12-8-24(9-13-28)22-41-17-19-42(20-18-41)36(46)26-10-11-27(23-44)32(45)21-26/h4-5,7-16,21,23,45H,1-3,6,17-20,22H2,(H2,37,38). The molecule has 1 saturated heterocycles. The number of nitrogens with two attached hydrogens (primary N) is 1. The zero-order valence-corrected chi connectivity index (χ0v) is 25.5. The van der Waals surface area contributed by atoms with Gasteiger partial charge in [-0.05, 0) is 91.4 Å². The third-order valence-corrected chi connectivity index (χ3v) is 8.87. The van der Waals surface area contributed by atoms with Gasteiger partial charge in [-0.3, -0.25) is 19.1 Å². The topological polar surface area (TPSA) is 130 Å². The number of imidazole rings is 1.